The van der Waals surface area contributed by atoms with E-state index in [1.165, 1.54) is 18.2 Å². The van der Waals surface area contributed by atoms with Crippen LogP contribution in [0.4, 0.5) is 5.69 Å². The quantitative estimate of drug-likeness (QED) is 0.623. The van der Waals surface area contributed by atoms with Crippen molar-refractivity contribution in [2.45, 2.75) is 44.2 Å². The third kappa shape index (κ3) is 5.31. The highest BCUT2D eigenvalue weighted by molar-refractivity contribution is 7.89. The summed E-state index contributed by atoms with van der Waals surface area (Å²) in [6.07, 6.45) is 1.56. The van der Waals surface area contributed by atoms with Gasteiger partial charge in [0, 0.05) is 18.3 Å². The number of hydrogen-bond acceptors (Lipinski definition) is 4. The molecular weight excluding hydrogens is 352 g/mol. The van der Waals surface area contributed by atoms with E-state index in [1.807, 2.05) is 37.3 Å². The summed E-state index contributed by atoms with van der Waals surface area (Å²) in [4.78, 5) is 11.5. The summed E-state index contributed by atoms with van der Waals surface area (Å²) in [5.74, 6) is -1.18. The van der Waals surface area contributed by atoms with Crippen molar-refractivity contribution in [3.8, 4) is 0 Å². The third-order valence-electron chi connectivity index (χ3n) is 3.94. The van der Waals surface area contributed by atoms with E-state index in [2.05, 4.69) is 10.0 Å². The molecule has 7 heteroatoms. The van der Waals surface area contributed by atoms with Crippen molar-refractivity contribution in [2.75, 3.05) is 5.32 Å². The second-order valence-electron chi connectivity index (χ2n) is 6.16. The first kappa shape index (κ1) is 19.9. The number of benzene rings is 2. The zero-order chi connectivity index (χ0) is 19.2. The molecule has 140 valence electrons. The van der Waals surface area contributed by atoms with Crippen molar-refractivity contribution in [1.82, 2.24) is 4.72 Å². The summed E-state index contributed by atoms with van der Waals surface area (Å²) in [5, 5.41) is 12.5. The lowest BCUT2D eigenvalue weighted by Gasteiger charge is -2.15. The van der Waals surface area contributed by atoms with Gasteiger partial charge in [-0.1, -0.05) is 43.7 Å². The highest BCUT2D eigenvalue weighted by Gasteiger charge is 2.20. The van der Waals surface area contributed by atoms with Crippen LogP contribution in [0.15, 0.2) is 53.4 Å². The molecule has 0 aliphatic rings. The molecular formula is C19H24N2O4S. The Balaban J connectivity index is 2.24. The second kappa shape index (κ2) is 8.82. The maximum atomic E-state index is 12.5. The van der Waals surface area contributed by atoms with E-state index < -0.39 is 16.0 Å². The van der Waals surface area contributed by atoms with Gasteiger partial charge in [0.1, 0.15) is 0 Å². The average molecular weight is 376 g/mol. The van der Waals surface area contributed by atoms with Gasteiger partial charge in [-0.25, -0.2) is 17.9 Å². The van der Waals surface area contributed by atoms with Crippen LogP contribution >= 0.6 is 0 Å². The number of aromatic carboxylic acids is 1. The maximum Gasteiger partial charge on any atom is 0.337 e. The van der Waals surface area contributed by atoms with Gasteiger partial charge < -0.3 is 10.4 Å². The fourth-order valence-electron chi connectivity index (χ4n) is 2.64. The van der Waals surface area contributed by atoms with Crippen LogP contribution in [0.1, 0.15) is 42.6 Å². The number of hydrogen-bond donors (Lipinski definition) is 3. The molecule has 0 saturated heterocycles. The summed E-state index contributed by atoms with van der Waals surface area (Å²) < 4.78 is 27.5. The minimum Gasteiger partial charge on any atom is -0.478 e. The van der Waals surface area contributed by atoms with Crippen molar-refractivity contribution in [3.63, 3.8) is 0 Å². The molecule has 2 aromatic rings. The standard InChI is InChI=1S/C19H24N2O4S/c1-3-7-14(2)21-26(24,25)16-10-11-18(17(12-16)19(22)23)20-13-15-8-5-4-6-9-15/h4-6,8-12,14,20-21H,3,7,13H2,1-2H3,(H,22,23). The van der Waals surface area contributed by atoms with Crippen LogP contribution in [0.5, 0.6) is 0 Å². The smallest absolute Gasteiger partial charge is 0.337 e. The highest BCUT2D eigenvalue weighted by atomic mass is 32.2. The number of carboxylic acid groups (broad SMARTS) is 1. The van der Waals surface area contributed by atoms with Gasteiger partial charge in [-0.15, -0.1) is 0 Å². The first-order valence-electron chi connectivity index (χ1n) is 8.51. The molecule has 2 rings (SSSR count). The predicted molar refractivity (Wildman–Crippen MR) is 102 cm³/mol. The topological polar surface area (TPSA) is 95.5 Å². The lowest BCUT2D eigenvalue weighted by atomic mass is 10.1. The Labute approximate surface area is 154 Å². The molecule has 0 heterocycles. The Morgan fingerprint density at radius 2 is 1.85 bits per heavy atom. The van der Waals surface area contributed by atoms with Crippen molar-refractivity contribution in [1.29, 1.82) is 0 Å². The van der Waals surface area contributed by atoms with Crippen molar-refractivity contribution in [3.05, 3.63) is 59.7 Å². The summed E-state index contributed by atoms with van der Waals surface area (Å²) in [7, 11) is -3.76. The van der Waals surface area contributed by atoms with Gasteiger partial charge in [-0.05, 0) is 37.1 Å². The van der Waals surface area contributed by atoms with Crippen LogP contribution in [-0.2, 0) is 16.6 Å². The number of carbonyl (C=O) groups is 1. The lowest BCUT2D eigenvalue weighted by molar-refractivity contribution is 0.0697. The summed E-state index contributed by atoms with van der Waals surface area (Å²) in [6.45, 7) is 4.20. The predicted octanol–water partition coefficient (Wildman–Crippen LogP) is 3.46. The van der Waals surface area contributed by atoms with Gasteiger partial charge in [0.25, 0.3) is 0 Å². The zero-order valence-electron chi connectivity index (χ0n) is 14.9. The van der Waals surface area contributed by atoms with E-state index >= 15 is 0 Å². The number of anilines is 1. The van der Waals surface area contributed by atoms with Gasteiger partial charge in [-0.2, -0.15) is 0 Å². The zero-order valence-corrected chi connectivity index (χ0v) is 15.7. The molecule has 0 radical (unpaired) electrons. The molecule has 0 spiro atoms. The van der Waals surface area contributed by atoms with E-state index in [-0.39, 0.29) is 16.5 Å². The number of carboxylic acids is 1. The first-order chi connectivity index (χ1) is 12.3. The monoisotopic (exact) mass is 376 g/mol. The minimum absolute atomic E-state index is 0.0527. The highest BCUT2D eigenvalue weighted by Crippen LogP contribution is 2.22. The number of sulfonamides is 1. The van der Waals surface area contributed by atoms with Crippen LogP contribution < -0.4 is 10.0 Å². The Kier molecular flexibility index (Phi) is 6.76. The molecule has 0 fully saturated rings. The van der Waals surface area contributed by atoms with E-state index in [0.717, 1.165) is 12.0 Å². The van der Waals surface area contributed by atoms with Gasteiger partial charge in [-0.3, -0.25) is 0 Å². The third-order valence-corrected chi connectivity index (χ3v) is 5.52. The van der Waals surface area contributed by atoms with Crippen LogP contribution in [0.25, 0.3) is 0 Å². The Bertz CT molecular complexity index is 851. The van der Waals surface area contributed by atoms with Crippen LogP contribution in [0.2, 0.25) is 0 Å². The van der Waals surface area contributed by atoms with Crippen molar-refractivity contribution >= 4 is 21.7 Å². The number of rotatable bonds is 9. The van der Waals surface area contributed by atoms with Crippen molar-refractivity contribution < 1.29 is 18.3 Å². The van der Waals surface area contributed by atoms with E-state index in [9.17, 15) is 18.3 Å². The van der Waals surface area contributed by atoms with Gasteiger partial charge >= 0.3 is 5.97 Å². The Hall–Kier alpha value is -2.38. The summed E-state index contributed by atoms with van der Waals surface area (Å²) >= 11 is 0. The van der Waals surface area contributed by atoms with E-state index in [4.69, 9.17) is 0 Å². The molecule has 6 nitrogen and oxygen atoms in total. The molecule has 26 heavy (non-hydrogen) atoms. The fraction of sp³-hybridized carbons (Fsp3) is 0.316. The molecule has 0 saturated carbocycles. The minimum atomic E-state index is -3.76. The molecule has 2 aromatic carbocycles. The van der Waals surface area contributed by atoms with Crippen molar-refractivity contribution in [2.24, 2.45) is 0 Å². The van der Waals surface area contributed by atoms with Crippen LogP contribution in [-0.4, -0.2) is 25.5 Å². The molecule has 0 amide bonds. The first-order valence-corrected chi connectivity index (χ1v) is 9.99. The maximum absolute atomic E-state index is 12.5. The normalized spacial score (nSPS) is 12.5. The Morgan fingerprint density at radius 3 is 2.46 bits per heavy atom. The molecule has 0 aliphatic carbocycles. The van der Waals surface area contributed by atoms with Crippen LogP contribution in [0.3, 0.4) is 0 Å². The molecule has 0 bridgehead atoms. The van der Waals surface area contributed by atoms with Crippen LogP contribution in [0, 0.1) is 0 Å². The molecule has 1 atom stereocenters. The van der Waals surface area contributed by atoms with Gasteiger partial charge in [0.05, 0.1) is 10.5 Å². The Morgan fingerprint density at radius 1 is 1.15 bits per heavy atom. The fourth-order valence-corrected chi connectivity index (χ4v) is 3.94. The molecule has 3 N–H and O–H groups in total. The average Bonchev–Trinajstić information content (AvgIpc) is 2.60. The summed E-state index contributed by atoms with van der Waals surface area (Å²) in [6, 6.07) is 13.4. The molecule has 0 aromatic heterocycles. The summed E-state index contributed by atoms with van der Waals surface area (Å²) in [5.41, 5.74) is 1.30. The van der Waals surface area contributed by atoms with E-state index in [0.29, 0.717) is 18.7 Å². The molecule has 0 aliphatic heterocycles. The largest absolute Gasteiger partial charge is 0.478 e. The number of nitrogens with one attached hydrogen (secondary N) is 2. The molecule has 1 unspecified atom stereocenters. The van der Waals surface area contributed by atoms with Gasteiger partial charge in [0.2, 0.25) is 10.0 Å². The second-order valence-corrected chi connectivity index (χ2v) is 7.88. The lowest BCUT2D eigenvalue weighted by Crippen LogP contribution is -2.32. The van der Waals surface area contributed by atoms with Gasteiger partial charge in [0.15, 0.2) is 0 Å². The van der Waals surface area contributed by atoms with E-state index in [1.54, 1.807) is 6.92 Å². The SMILES string of the molecule is CCCC(C)NS(=O)(=O)c1ccc(NCc2ccccc2)c(C(=O)O)c1.